The van der Waals surface area contributed by atoms with Crippen molar-refractivity contribution in [2.75, 3.05) is 17.2 Å². The van der Waals surface area contributed by atoms with E-state index in [0.29, 0.717) is 18.9 Å². The van der Waals surface area contributed by atoms with Gasteiger partial charge >= 0.3 is 0 Å². The molecule has 0 radical (unpaired) electrons. The van der Waals surface area contributed by atoms with Gasteiger partial charge in [-0.2, -0.15) is 0 Å². The van der Waals surface area contributed by atoms with Crippen molar-refractivity contribution in [3.05, 3.63) is 95.2 Å². The standard InChI is InChI=1S/C32H36N2O3/c1-20(2)19-36-25-13-9-22(10-14-25)24-17-29-31(30(35)18-24)32(34-28-8-6-5-7-27(28)33-29)23-11-15-26(16-12-23)37-21(3)4/h5-16,20-21,24,32-34H,17-19H2,1-4H3. The largest absolute Gasteiger partial charge is 0.493 e. The molecule has 1 aliphatic heterocycles. The molecule has 1 aliphatic carbocycles. The number of fused-ring (bicyclic) bond motifs is 1. The summed E-state index contributed by atoms with van der Waals surface area (Å²) < 4.78 is 11.7. The van der Waals surface area contributed by atoms with Crippen LogP contribution in [0.2, 0.25) is 0 Å². The first-order chi connectivity index (χ1) is 17.9. The fourth-order valence-electron chi connectivity index (χ4n) is 5.09. The van der Waals surface area contributed by atoms with Crippen LogP contribution in [0.4, 0.5) is 11.4 Å². The van der Waals surface area contributed by atoms with Crippen molar-refractivity contribution >= 4 is 17.2 Å². The Labute approximate surface area is 219 Å². The number of rotatable bonds is 7. The van der Waals surface area contributed by atoms with E-state index < -0.39 is 0 Å². The van der Waals surface area contributed by atoms with Gasteiger partial charge in [-0.25, -0.2) is 0 Å². The predicted molar refractivity (Wildman–Crippen MR) is 149 cm³/mol. The van der Waals surface area contributed by atoms with E-state index in [9.17, 15) is 4.79 Å². The lowest BCUT2D eigenvalue weighted by molar-refractivity contribution is -0.116. The number of allylic oxidation sites excluding steroid dienone is 1. The molecule has 2 aliphatic rings. The van der Waals surface area contributed by atoms with Crippen LogP contribution in [-0.2, 0) is 4.79 Å². The number of carbonyl (C=O) groups excluding carboxylic acids is 1. The average Bonchev–Trinajstić information content (AvgIpc) is 3.05. The highest BCUT2D eigenvalue weighted by molar-refractivity contribution is 6.01. The summed E-state index contributed by atoms with van der Waals surface area (Å²) in [4.78, 5) is 13.8. The Morgan fingerprint density at radius 3 is 2.14 bits per heavy atom. The van der Waals surface area contributed by atoms with Gasteiger partial charge in [0.15, 0.2) is 5.78 Å². The molecule has 0 saturated carbocycles. The van der Waals surface area contributed by atoms with Crippen LogP contribution < -0.4 is 20.1 Å². The summed E-state index contributed by atoms with van der Waals surface area (Å²) >= 11 is 0. The Hall–Kier alpha value is -3.73. The lowest BCUT2D eigenvalue weighted by atomic mass is 9.78. The lowest BCUT2D eigenvalue weighted by Gasteiger charge is -2.30. The van der Waals surface area contributed by atoms with Gasteiger partial charge in [-0.1, -0.05) is 50.2 Å². The molecule has 2 unspecified atom stereocenters. The molecule has 0 amide bonds. The highest BCUT2D eigenvalue weighted by Crippen LogP contribution is 2.44. The molecule has 0 fully saturated rings. The summed E-state index contributed by atoms with van der Waals surface area (Å²) in [5.41, 5.74) is 5.99. The molecule has 0 spiro atoms. The fourth-order valence-corrected chi connectivity index (χ4v) is 5.09. The fraction of sp³-hybridized carbons (Fsp3) is 0.344. The zero-order chi connectivity index (χ0) is 25.9. The molecule has 0 saturated heterocycles. The van der Waals surface area contributed by atoms with Crippen LogP contribution in [-0.4, -0.2) is 18.5 Å². The van der Waals surface area contributed by atoms with Gasteiger partial charge in [-0.05, 0) is 79.6 Å². The molecule has 37 heavy (non-hydrogen) atoms. The van der Waals surface area contributed by atoms with Gasteiger partial charge in [0.25, 0.3) is 0 Å². The lowest BCUT2D eigenvalue weighted by Crippen LogP contribution is -2.26. The van der Waals surface area contributed by atoms with Gasteiger partial charge < -0.3 is 20.1 Å². The normalized spacial score (nSPS) is 19.0. The first-order valence-electron chi connectivity index (χ1n) is 13.3. The Kier molecular flexibility index (Phi) is 7.22. The van der Waals surface area contributed by atoms with Gasteiger partial charge in [0.05, 0.1) is 30.1 Å². The van der Waals surface area contributed by atoms with E-state index in [0.717, 1.165) is 51.7 Å². The number of Topliss-reactive ketones (excluding diaryl/α,β-unsaturated/α-hetero) is 1. The summed E-state index contributed by atoms with van der Waals surface area (Å²) in [5.74, 6) is 2.47. The maximum Gasteiger partial charge on any atom is 0.163 e. The average molecular weight is 497 g/mol. The topological polar surface area (TPSA) is 59.6 Å². The zero-order valence-corrected chi connectivity index (χ0v) is 22.1. The monoisotopic (exact) mass is 496 g/mol. The number of benzene rings is 3. The second-order valence-electron chi connectivity index (χ2n) is 10.7. The van der Waals surface area contributed by atoms with Crippen LogP contribution in [0.1, 0.15) is 63.6 Å². The summed E-state index contributed by atoms with van der Waals surface area (Å²) in [7, 11) is 0. The van der Waals surface area contributed by atoms with Crippen molar-refractivity contribution in [2.24, 2.45) is 5.92 Å². The second kappa shape index (κ2) is 10.7. The van der Waals surface area contributed by atoms with Crippen molar-refractivity contribution in [2.45, 2.75) is 58.6 Å². The van der Waals surface area contributed by atoms with Crippen molar-refractivity contribution in [3.63, 3.8) is 0 Å². The summed E-state index contributed by atoms with van der Waals surface area (Å²) in [6.07, 6.45) is 1.37. The maximum absolute atomic E-state index is 13.8. The number of hydrogen-bond donors (Lipinski definition) is 2. The second-order valence-corrected chi connectivity index (χ2v) is 10.7. The Balaban J connectivity index is 1.46. The van der Waals surface area contributed by atoms with E-state index in [-0.39, 0.29) is 23.8 Å². The smallest absolute Gasteiger partial charge is 0.163 e. The van der Waals surface area contributed by atoms with E-state index in [1.54, 1.807) is 0 Å². The number of anilines is 2. The van der Waals surface area contributed by atoms with Crippen LogP contribution in [0.25, 0.3) is 0 Å². The van der Waals surface area contributed by atoms with Crippen LogP contribution in [0.15, 0.2) is 84.1 Å². The van der Waals surface area contributed by atoms with Crippen molar-refractivity contribution in [1.29, 1.82) is 0 Å². The third kappa shape index (κ3) is 5.66. The molecule has 1 heterocycles. The van der Waals surface area contributed by atoms with Crippen LogP contribution in [0.3, 0.4) is 0 Å². The van der Waals surface area contributed by atoms with Gasteiger partial charge in [0.2, 0.25) is 0 Å². The minimum atomic E-state index is -0.237. The van der Waals surface area contributed by atoms with Crippen LogP contribution in [0, 0.1) is 5.92 Å². The van der Waals surface area contributed by atoms with Crippen molar-refractivity contribution < 1.29 is 14.3 Å². The third-order valence-electron chi connectivity index (χ3n) is 6.83. The molecule has 2 N–H and O–H groups in total. The number of carbonyl (C=O) groups is 1. The Bertz CT molecular complexity index is 1280. The van der Waals surface area contributed by atoms with Gasteiger partial charge in [0, 0.05) is 17.7 Å². The number of hydrogen-bond acceptors (Lipinski definition) is 5. The van der Waals surface area contributed by atoms with E-state index >= 15 is 0 Å². The number of ether oxygens (including phenoxy) is 2. The molecule has 5 rings (SSSR count). The molecular formula is C32H36N2O3. The van der Waals surface area contributed by atoms with Crippen molar-refractivity contribution in [3.8, 4) is 11.5 Å². The predicted octanol–water partition coefficient (Wildman–Crippen LogP) is 7.49. The minimum absolute atomic E-state index is 0.111. The first-order valence-corrected chi connectivity index (χ1v) is 13.3. The van der Waals surface area contributed by atoms with Gasteiger partial charge in [-0.3, -0.25) is 4.79 Å². The maximum atomic E-state index is 13.8. The molecule has 5 heteroatoms. The summed E-state index contributed by atoms with van der Waals surface area (Å²) in [5, 5.41) is 7.27. The molecule has 5 nitrogen and oxygen atoms in total. The number of ketones is 1. The first kappa shape index (κ1) is 24.9. The third-order valence-corrected chi connectivity index (χ3v) is 6.83. The highest BCUT2D eigenvalue weighted by Gasteiger charge is 2.36. The van der Waals surface area contributed by atoms with E-state index in [2.05, 4.69) is 60.9 Å². The van der Waals surface area contributed by atoms with E-state index in [1.807, 2.05) is 50.2 Å². The quantitative estimate of drug-likeness (QED) is 0.355. The zero-order valence-electron chi connectivity index (χ0n) is 22.1. The molecule has 192 valence electrons. The number of para-hydroxylation sites is 2. The number of nitrogens with one attached hydrogen (secondary N) is 2. The van der Waals surface area contributed by atoms with Gasteiger partial charge in [0.1, 0.15) is 11.5 Å². The molecule has 0 aromatic heterocycles. The van der Waals surface area contributed by atoms with Crippen molar-refractivity contribution in [1.82, 2.24) is 0 Å². The van der Waals surface area contributed by atoms with Crippen LogP contribution in [0.5, 0.6) is 11.5 Å². The van der Waals surface area contributed by atoms with Gasteiger partial charge in [-0.15, -0.1) is 0 Å². The minimum Gasteiger partial charge on any atom is -0.493 e. The SMILES string of the molecule is CC(C)COc1ccc(C2CC(=O)C3=C(C2)Nc2ccccc2NC3c2ccc(OC(C)C)cc2)cc1. The summed E-state index contributed by atoms with van der Waals surface area (Å²) in [6, 6.07) is 24.3. The molecule has 3 aromatic carbocycles. The molecule has 2 atom stereocenters. The molecular weight excluding hydrogens is 460 g/mol. The molecule has 0 bridgehead atoms. The highest BCUT2D eigenvalue weighted by atomic mass is 16.5. The summed E-state index contributed by atoms with van der Waals surface area (Å²) in [6.45, 7) is 9.01. The Morgan fingerprint density at radius 2 is 1.46 bits per heavy atom. The molecule has 3 aromatic rings. The Morgan fingerprint density at radius 1 is 0.811 bits per heavy atom. The van der Waals surface area contributed by atoms with E-state index in [1.165, 1.54) is 0 Å². The van der Waals surface area contributed by atoms with Crippen LogP contribution >= 0.6 is 0 Å². The van der Waals surface area contributed by atoms with E-state index in [4.69, 9.17) is 9.47 Å².